The van der Waals surface area contributed by atoms with Gasteiger partial charge in [0.1, 0.15) is 6.04 Å². The molecule has 0 aliphatic heterocycles. The molecule has 1 atom stereocenters. The lowest BCUT2D eigenvalue weighted by molar-refractivity contribution is -0.140. The van der Waals surface area contributed by atoms with Crippen LogP contribution in [0.2, 0.25) is 0 Å². The highest BCUT2D eigenvalue weighted by Gasteiger charge is 2.51. The third-order valence-corrected chi connectivity index (χ3v) is 8.43. The number of rotatable bonds is 4. The molecule has 6 rings (SSSR count). The van der Waals surface area contributed by atoms with Crippen LogP contribution in [0.4, 0.5) is 0 Å². The van der Waals surface area contributed by atoms with Gasteiger partial charge >= 0.3 is 5.97 Å². The molecule has 3 heteroatoms. The summed E-state index contributed by atoms with van der Waals surface area (Å²) in [5, 5.41) is 9.91. The Morgan fingerprint density at radius 2 is 1.08 bits per heavy atom. The molecule has 0 aromatic rings. The Morgan fingerprint density at radius 1 is 0.731 bits per heavy atom. The first-order valence-corrected chi connectivity index (χ1v) is 10.4. The van der Waals surface area contributed by atoms with Gasteiger partial charge in [0.05, 0.1) is 0 Å². The number of fused-ring (bicyclic) bond motifs is 8. The summed E-state index contributed by atoms with van der Waals surface area (Å²) in [7, 11) is 0. The van der Waals surface area contributed by atoms with E-state index in [1.54, 1.807) is 44.6 Å². The predicted octanol–water partition coefficient (Wildman–Crippen LogP) is 4.42. The van der Waals surface area contributed by atoms with Crippen LogP contribution in [0.25, 0.3) is 0 Å². The van der Waals surface area contributed by atoms with E-state index in [4.69, 9.17) is 5.73 Å². The van der Waals surface area contributed by atoms with Crippen molar-refractivity contribution in [3.8, 4) is 0 Å². The van der Waals surface area contributed by atoms with Crippen LogP contribution >= 0.6 is 0 Å². The van der Waals surface area contributed by atoms with Crippen LogP contribution in [0.5, 0.6) is 0 Å². The zero-order chi connectivity index (χ0) is 17.6. The molecule has 6 aliphatic carbocycles. The third-order valence-electron chi connectivity index (χ3n) is 8.43. The molecule has 8 bridgehead atoms. The molecule has 0 amide bonds. The summed E-state index contributed by atoms with van der Waals surface area (Å²) in [6, 6.07) is -0.756. The fourth-order valence-corrected chi connectivity index (χ4v) is 7.44. The molecule has 0 saturated heterocycles. The summed E-state index contributed by atoms with van der Waals surface area (Å²) in [5.41, 5.74) is 19.4. The van der Waals surface area contributed by atoms with Gasteiger partial charge < -0.3 is 10.8 Å². The summed E-state index contributed by atoms with van der Waals surface area (Å²) in [6.45, 7) is 0. The molecule has 0 aromatic heterocycles. The molecule has 3 nitrogen and oxygen atoms in total. The molecule has 4 saturated carbocycles. The zero-order valence-electron chi connectivity index (χ0n) is 15.3. The molecule has 6 aliphatic rings. The molecule has 0 radical (unpaired) electrons. The van der Waals surface area contributed by atoms with Gasteiger partial charge in [0, 0.05) is 17.8 Å². The Bertz CT molecular complexity index is 751. The first-order valence-electron chi connectivity index (χ1n) is 10.4. The van der Waals surface area contributed by atoms with E-state index in [1.165, 1.54) is 38.5 Å². The van der Waals surface area contributed by atoms with E-state index >= 15 is 0 Å². The van der Waals surface area contributed by atoms with Gasteiger partial charge in [0.15, 0.2) is 0 Å². The topological polar surface area (TPSA) is 63.3 Å². The lowest BCUT2D eigenvalue weighted by atomic mass is 9.66. The highest BCUT2D eigenvalue weighted by atomic mass is 16.4. The molecular weight excluding hydrogens is 322 g/mol. The molecule has 26 heavy (non-hydrogen) atoms. The van der Waals surface area contributed by atoms with E-state index in [2.05, 4.69) is 0 Å². The van der Waals surface area contributed by atoms with Crippen LogP contribution in [0.15, 0.2) is 44.6 Å². The number of carboxylic acid groups (broad SMARTS) is 1. The summed E-state index contributed by atoms with van der Waals surface area (Å²) in [4.78, 5) is 12.1. The first-order chi connectivity index (χ1) is 12.6. The second kappa shape index (κ2) is 5.22. The number of carbonyl (C=O) groups is 1. The van der Waals surface area contributed by atoms with E-state index in [-0.39, 0.29) is 5.92 Å². The minimum absolute atomic E-state index is 0.0410. The van der Waals surface area contributed by atoms with Crippen LogP contribution in [-0.2, 0) is 4.79 Å². The first kappa shape index (κ1) is 15.4. The highest BCUT2D eigenvalue weighted by molar-refractivity contribution is 5.74. The smallest absolute Gasteiger partial charge is 0.320 e. The van der Waals surface area contributed by atoms with Crippen molar-refractivity contribution < 1.29 is 9.90 Å². The van der Waals surface area contributed by atoms with Crippen LogP contribution in [0, 0.1) is 17.8 Å². The van der Waals surface area contributed by atoms with Crippen molar-refractivity contribution in [2.24, 2.45) is 23.5 Å². The number of allylic oxidation sites excluding steroid dienone is 8. The largest absolute Gasteiger partial charge is 0.480 e. The summed E-state index contributed by atoms with van der Waals surface area (Å²) in [6.07, 6.45) is 11.9. The Kier molecular flexibility index (Phi) is 3.10. The van der Waals surface area contributed by atoms with Crippen LogP contribution in [0.3, 0.4) is 0 Å². The standard InChI is InChI=1S/C23H27NO2/c24-22(23(25)26)21(19-15-5-6-16(19)12-2-1-11(15)9-12)20-17-7-8-18(20)14-4-3-13(17)10-14/h19-22H,1-10,24H2,(H,25,26). The average molecular weight is 349 g/mol. The number of nitrogens with two attached hydrogens (primary N) is 1. The SMILES string of the molecule is NC(C(=O)O)C(C1C2=C3CCC(=C1CC2)C3)C1C2=C3CCC(=C1CC2)C3. The van der Waals surface area contributed by atoms with Gasteiger partial charge in [0.2, 0.25) is 0 Å². The Morgan fingerprint density at radius 3 is 1.38 bits per heavy atom. The lowest BCUT2D eigenvalue weighted by Gasteiger charge is -2.39. The number of aliphatic carboxylic acids is 1. The molecule has 136 valence electrons. The van der Waals surface area contributed by atoms with E-state index in [9.17, 15) is 9.90 Å². The van der Waals surface area contributed by atoms with E-state index < -0.39 is 12.0 Å². The van der Waals surface area contributed by atoms with Crippen molar-refractivity contribution >= 4 is 5.97 Å². The van der Waals surface area contributed by atoms with Gasteiger partial charge in [-0.2, -0.15) is 0 Å². The fraction of sp³-hybridized carbons (Fsp3) is 0.609. The quantitative estimate of drug-likeness (QED) is 0.739. The molecule has 3 N–H and O–H groups in total. The number of hydrogen-bond acceptors (Lipinski definition) is 2. The Balaban J connectivity index is 1.52. The van der Waals surface area contributed by atoms with Crippen molar-refractivity contribution in [2.75, 3.05) is 0 Å². The van der Waals surface area contributed by atoms with Crippen LogP contribution in [-0.4, -0.2) is 17.1 Å². The van der Waals surface area contributed by atoms with Gasteiger partial charge in [-0.25, -0.2) is 0 Å². The van der Waals surface area contributed by atoms with Gasteiger partial charge in [-0.1, -0.05) is 44.6 Å². The minimum Gasteiger partial charge on any atom is -0.480 e. The molecular formula is C23H27NO2. The van der Waals surface area contributed by atoms with Crippen LogP contribution in [0.1, 0.15) is 64.2 Å². The van der Waals surface area contributed by atoms with Gasteiger partial charge in [0.25, 0.3) is 0 Å². The van der Waals surface area contributed by atoms with Crippen molar-refractivity contribution in [3.05, 3.63) is 44.6 Å². The average Bonchev–Trinajstić information content (AvgIpc) is 3.31. The second-order valence-electron chi connectivity index (χ2n) is 9.27. The monoisotopic (exact) mass is 349 g/mol. The molecule has 4 fully saturated rings. The lowest BCUT2D eigenvalue weighted by Crippen LogP contribution is -2.46. The molecule has 1 unspecified atom stereocenters. The summed E-state index contributed by atoms with van der Waals surface area (Å²) in [5.74, 6) is -0.111. The summed E-state index contributed by atoms with van der Waals surface area (Å²) < 4.78 is 0. The van der Waals surface area contributed by atoms with Crippen molar-refractivity contribution in [1.82, 2.24) is 0 Å². The maximum atomic E-state index is 12.1. The summed E-state index contributed by atoms with van der Waals surface area (Å²) >= 11 is 0. The molecule has 0 heterocycles. The number of hydrogen-bond donors (Lipinski definition) is 2. The Labute approximate surface area is 154 Å². The van der Waals surface area contributed by atoms with E-state index in [0.29, 0.717) is 11.8 Å². The fourth-order valence-electron chi connectivity index (χ4n) is 7.44. The van der Waals surface area contributed by atoms with Crippen molar-refractivity contribution in [2.45, 2.75) is 70.3 Å². The number of carboxylic acids is 1. The molecule has 0 spiro atoms. The maximum absolute atomic E-state index is 12.1. The van der Waals surface area contributed by atoms with Crippen LogP contribution < -0.4 is 5.73 Å². The minimum atomic E-state index is -0.808. The normalized spacial score (nSPS) is 28.5. The predicted molar refractivity (Wildman–Crippen MR) is 100 cm³/mol. The van der Waals surface area contributed by atoms with Gasteiger partial charge in [-0.05, 0) is 64.2 Å². The third kappa shape index (κ3) is 1.85. The highest BCUT2D eigenvalue weighted by Crippen LogP contribution is 2.61. The maximum Gasteiger partial charge on any atom is 0.320 e. The van der Waals surface area contributed by atoms with Gasteiger partial charge in [-0.15, -0.1) is 0 Å². The van der Waals surface area contributed by atoms with Gasteiger partial charge in [-0.3, -0.25) is 4.79 Å². The van der Waals surface area contributed by atoms with E-state index in [1.807, 2.05) is 0 Å². The van der Waals surface area contributed by atoms with Crippen molar-refractivity contribution in [3.63, 3.8) is 0 Å². The zero-order valence-corrected chi connectivity index (χ0v) is 15.3. The molecule has 0 aromatic carbocycles. The Hall–Kier alpha value is -1.61. The second-order valence-corrected chi connectivity index (χ2v) is 9.27. The van der Waals surface area contributed by atoms with Crippen molar-refractivity contribution in [1.29, 1.82) is 0 Å². The van der Waals surface area contributed by atoms with E-state index in [0.717, 1.165) is 25.7 Å².